The number of nitrogens with zero attached hydrogens (tertiary/aromatic N) is 1. The molecule has 3 amide bonds. The van der Waals surface area contributed by atoms with Crippen LogP contribution in [0.1, 0.15) is 23.5 Å². The normalized spacial score (nSPS) is 17.3. The first-order valence-corrected chi connectivity index (χ1v) is 11.0. The Hall–Kier alpha value is -4.02. The highest BCUT2D eigenvalue weighted by Crippen LogP contribution is 2.44. The number of carbonyl (C=O) groups is 4. The molecule has 1 aliphatic carbocycles. The smallest absolute Gasteiger partial charge is 0.407 e. The van der Waals surface area contributed by atoms with E-state index in [9.17, 15) is 28.0 Å². The zero-order chi connectivity index (χ0) is 25.2. The van der Waals surface area contributed by atoms with Crippen molar-refractivity contribution in [2.45, 2.75) is 24.3 Å². The van der Waals surface area contributed by atoms with E-state index in [0.717, 1.165) is 22.3 Å². The SMILES string of the molecule is O=C(O)CC1C(=O)NCCN1C(=O)C(F)(F)CNC(=O)OCC1c2ccccc2-c2ccccc21. The minimum Gasteiger partial charge on any atom is -0.481 e. The third-order valence-electron chi connectivity index (χ3n) is 6.07. The quantitative estimate of drug-likeness (QED) is 0.549. The van der Waals surface area contributed by atoms with Gasteiger partial charge in [0.2, 0.25) is 5.91 Å². The van der Waals surface area contributed by atoms with Crippen molar-refractivity contribution < 1.29 is 37.8 Å². The van der Waals surface area contributed by atoms with Crippen LogP contribution in [0.4, 0.5) is 13.6 Å². The highest BCUT2D eigenvalue weighted by molar-refractivity contribution is 5.94. The summed E-state index contributed by atoms with van der Waals surface area (Å²) in [4.78, 5) is 48.1. The number of piperazine rings is 1. The van der Waals surface area contributed by atoms with E-state index in [1.807, 2.05) is 53.8 Å². The maximum absolute atomic E-state index is 14.6. The first kappa shape index (κ1) is 24.1. The van der Waals surface area contributed by atoms with E-state index in [1.165, 1.54) is 0 Å². The number of carboxylic acid groups (broad SMARTS) is 1. The summed E-state index contributed by atoms with van der Waals surface area (Å²) >= 11 is 0. The van der Waals surface area contributed by atoms with Crippen molar-refractivity contribution in [2.24, 2.45) is 0 Å². The lowest BCUT2D eigenvalue weighted by Gasteiger charge is -2.36. The molecule has 11 heteroatoms. The molecule has 1 fully saturated rings. The lowest BCUT2D eigenvalue weighted by molar-refractivity contribution is -0.164. The molecule has 0 saturated carbocycles. The summed E-state index contributed by atoms with van der Waals surface area (Å²) in [6, 6.07) is 13.7. The highest BCUT2D eigenvalue weighted by Gasteiger charge is 2.47. The topological polar surface area (TPSA) is 125 Å². The molecule has 2 aliphatic rings. The molecule has 1 saturated heterocycles. The van der Waals surface area contributed by atoms with Crippen molar-refractivity contribution in [1.29, 1.82) is 0 Å². The Morgan fingerprint density at radius 3 is 2.29 bits per heavy atom. The average molecular weight is 487 g/mol. The standard InChI is InChI=1S/C24H23F2N3O6/c25-24(26,22(33)29-10-9-27-21(32)19(29)11-20(30)31)13-28-23(34)35-12-18-16-7-3-1-5-14(16)15-6-2-4-8-17(15)18/h1-8,18-19H,9-13H2,(H,27,32)(H,28,34)(H,30,31). The number of aliphatic carboxylic acids is 1. The van der Waals surface area contributed by atoms with Gasteiger partial charge in [-0.3, -0.25) is 14.4 Å². The first-order chi connectivity index (χ1) is 16.7. The largest absolute Gasteiger partial charge is 0.481 e. The molecule has 3 N–H and O–H groups in total. The number of amides is 3. The number of rotatable bonds is 7. The molecule has 1 unspecified atom stereocenters. The number of alkyl carbamates (subject to hydrolysis) is 1. The fraction of sp³-hybridized carbons (Fsp3) is 0.333. The van der Waals surface area contributed by atoms with Crippen LogP contribution in [0, 0.1) is 0 Å². The molecule has 4 rings (SSSR count). The fourth-order valence-corrected chi connectivity index (χ4v) is 4.44. The summed E-state index contributed by atoms with van der Waals surface area (Å²) in [7, 11) is 0. The minimum atomic E-state index is -4.07. The molecule has 9 nitrogen and oxygen atoms in total. The summed E-state index contributed by atoms with van der Waals surface area (Å²) in [6.07, 6.45) is -1.94. The van der Waals surface area contributed by atoms with Crippen LogP contribution < -0.4 is 10.6 Å². The Morgan fingerprint density at radius 1 is 1.09 bits per heavy atom. The van der Waals surface area contributed by atoms with Crippen LogP contribution in [-0.4, -0.2) is 72.1 Å². The van der Waals surface area contributed by atoms with E-state index < -0.39 is 48.8 Å². The lowest BCUT2D eigenvalue weighted by atomic mass is 9.98. The first-order valence-electron chi connectivity index (χ1n) is 11.0. The maximum Gasteiger partial charge on any atom is 0.407 e. The molecule has 0 spiro atoms. The average Bonchev–Trinajstić information content (AvgIpc) is 3.16. The van der Waals surface area contributed by atoms with Crippen LogP contribution in [0.25, 0.3) is 11.1 Å². The third kappa shape index (κ3) is 4.93. The van der Waals surface area contributed by atoms with Crippen molar-refractivity contribution in [3.8, 4) is 11.1 Å². The number of fused-ring (bicyclic) bond motifs is 3. The number of carboxylic acids is 1. The van der Waals surface area contributed by atoms with Gasteiger partial charge in [0.15, 0.2) is 0 Å². The van der Waals surface area contributed by atoms with Gasteiger partial charge in [-0.2, -0.15) is 8.78 Å². The number of ether oxygens (including phenoxy) is 1. The molecule has 35 heavy (non-hydrogen) atoms. The number of nitrogens with one attached hydrogen (secondary N) is 2. The molecule has 1 atom stereocenters. The Balaban J connectivity index is 1.36. The Morgan fingerprint density at radius 2 is 1.69 bits per heavy atom. The van der Waals surface area contributed by atoms with Gasteiger partial charge in [0.25, 0.3) is 5.91 Å². The number of halogens is 2. The number of hydrogen-bond donors (Lipinski definition) is 3. The van der Waals surface area contributed by atoms with E-state index in [-0.39, 0.29) is 25.6 Å². The van der Waals surface area contributed by atoms with Crippen LogP contribution in [0.2, 0.25) is 0 Å². The van der Waals surface area contributed by atoms with Crippen molar-refractivity contribution in [1.82, 2.24) is 15.5 Å². The van der Waals surface area contributed by atoms with Crippen LogP contribution in [0.5, 0.6) is 0 Å². The summed E-state index contributed by atoms with van der Waals surface area (Å²) in [6.45, 7) is -1.81. The molecule has 1 heterocycles. The van der Waals surface area contributed by atoms with Crippen molar-refractivity contribution >= 4 is 23.9 Å². The predicted molar refractivity (Wildman–Crippen MR) is 119 cm³/mol. The second-order valence-corrected chi connectivity index (χ2v) is 8.29. The van der Waals surface area contributed by atoms with Gasteiger partial charge in [-0.25, -0.2) is 4.79 Å². The van der Waals surface area contributed by atoms with Crippen LogP contribution in [-0.2, 0) is 19.1 Å². The molecule has 2 aromatic rings. The molecule has 184 valence electrons. The van der Waals surface area contributed by atoms with E-state index in [1.54, 1.807) is 0 Å². The van der Waals surface area contributed by atoms with Gasteiger partial charge in [0, 0.05) is 19.0 Å². The fourth-order valence-electron chi connectivity index (χ4n) is 4.44. The van der Waals surface area contributed by atoms with Gasteiger partial charge in [-0.15, -0.1) is 0 Å². The monoisotopic (exact) mass is 487 g/mol. The van der Waals surface area contributed by atoms with Gasteiger partial charge in [0.05, 0.1) is 13.0 Å². The number of hydrogen-bond acceptors (Lipinski definition) is 5. The molecular formula is C24H23F2N3O6. The van der Waals surface area contributed by atoms with Crippen molar-refractivity contribution in [2.75, 3.05) is 26.2 Å². The van der Waals surface area contributed by atoms with E-state index in [4.69, 9.17) is 9.84 Å². The summed E-state index contributed by atoms with van der Waals surface area (Å²) in [5.41, 5.74) is 3.93. The third-order valence-corrected chi connectivity index (χ3v) is 6.07. The van der Waals surface area contributed by atoms with Gasteiger partial charge < -0.3 is 25.4 Å². The molecule has 1 aliphatic heterocycles. The zero-order valence-electron chi connectivity index (χ0n) is 18.5. The van der Waals surface area contributed by atoms with Crippen LogP contribution in [0.15, 0.2) is 48.5 Å². The zero-order valence-corrected chi connectivity index (χ0v) is 18.5. The van der Waals surface area contributed by atoms with Gasteiger partial charge in [-0.1, -0.05) is 48.5 Å². The van der Waals surface area contributed by atoms with Gasteiger partial charge in [-0.05, 0) is 22.3 Å². The van der Waals surface area contributed by atoms with E-state index in [2.05, 4.69) is 5.32 Å². The van der Waals surface area contributed by atoms with Crippen LogP contribution >= 0.6 is 0 Å². The maximum atomic E-state index is 14.6. The summed E-state index contributed by atoms with van der Waals surface area (Å²) < 4.78 is 34.4. The number of benzene rings is 2. The number of alkyl halides is 2. The molecule has 0 bridgehead atoms. The van der Waals surface area contributed by atoms with Crippen molar-refractivity contribution in [3.63, 3.8) is 0 Å². The van der Waals surface area contributed by atoms with Crippen molar-refractivity contribution in [3.05, 3.63) is 59.7 Å². The number of carbonyl (C=O) groups excluding carboxylic acids is 3. The molecule has 2 aromatic carbocycles. The highest BCUT2D eigenvalue weighted by atomic mass is 19.3. The van der Waals surface area contributed by atoms with Gasteiger partial charge >= 0.3 is 18.0 Å². The Kier molecular flexibility index (Phi) is 6.68. The molecule has 0 radical (unpaired) electrons. The summed E-state index contributed by atoms with van der Waals surface area (Å²) in [5.74, 6) is -8.31. The van der Waals surface area contributed by atoms with Crippen LogP contribution in [0.3, 0.4) is 0 Å². The summed E-state index contributed by atoms with van der Waals surface area (Å²) in [5, 5.41) is 13.2. The van der Waals surface area contributed by atoms with E-state index >= 15 is 0 Å². The Labute approximate surface area is 199 Å². The minimum absolute atomic E-state index is 0.0867. The molecule has 0 aromatic heterocycles. The lowest BCUT2D eigenvalue weighted by Crippen LogP contribution is -2.62. The molecular weight excluding hydrogens is 464 g/mol. The predicted octanol–water partition coefficient (Wildman–Crippen LogP) is 1.96. The van der Waals surface area contributed by atoms with E-state index in [0.29, 0.717) is 4.90 Å². The Bertz CT molecular complexity index is 1130. The second-order valence-electron chi connectivity index (χ2n) is 8.29. The second kappa shape index (κ2) is 9.69. The van der Waals surface area contributed by atoms with Gasteiger partial charge in [0.1, 0.15) is 12.6 Å².